The van der Waals surface area contributed by atoms with Crippen LogP contribution in [-0.4, -0.2) is 42.9 Å². The van der Waals surface area contributed by atoms with E-state index in [0.29, 0.717) is 25.2 Å². The van der Waals surface area contributed by atoms with Crippen molar-refractivity contribution in [2.75, 3.05) is 6.61 Å². The van der Waals surface area contributed by atoms with Crippen LogP contribution in [0.5, 0.6) is 5.75 Å². The number of carboxylic acid groups (broad SMARTS) is 1. The van der Waals surface area contributed by atoms with Crippen molar-refractivity contribution in [2.45, 2.75) is 57.9 Å². The molecule has 0 saturated carbocycles. The van der Waals surface area contributed by atoms with E-state index in [0.717, 1.165) is 55.5 Å². The molecular formula is C32H35N5O3. The number of tetrazole rings is 1. The zero-order chi connectivity index (χ0) is 27.6. The molecule has 0 unspecified atom stereocenters. The Morgan fingerprint density at radius 2 is 1.68 bits per heavy atom. The monoisotopic (exact) mass is 537 g/mol. The van der Waals surface area contributed by atoms with Gasteiger partial charge in [0.25, 0.3) is 0 Å². The molecule has 5 rings (SSSR count). The van der Waals surface area contributed by atoms with Crippen molar-refractivity contribution in [1.29, 1.82) is 0 Å². The summed E-state index contributed by atoms with van der Waals surface area (Å²) in [7, 11) is 0. The van der Waals surface area contributed by atoms with Crippen molar-refractivity contribution < 1.29 is 14.6 Å². The van der Waals surface area contributed by atoms with E-state index < -0.39 is 5.97 Å². The van der Waals surface area contributed by atoms with Crippen LogP contribution >= 0.6 is 0 Å². The molecule has 2 aromatic heterocycles. The lowest BCUT2D eigenvalue weighted by atomic mass is 9.98. The summed E-state index contributed by atoms with van der Waals surface area (Å²) in [4.78, 5) is 11.0. The smallest absolute Gasteiger partial charge is 0.303 e. The fourth-order valence-electron chi connectivity index (χ4n) is 5.18. The van der Waals surface area contributed by atoms with Crippen LogP contribution in [0, 0.1) is 0 Å². The van der Waals surface area contributed by atoms with E-state index in [1.807, 2.05) is 0 Å². The number of carboxylic acids is 1. The highest BCUT2D eigenvalue weighted by atomic mass is 16.5. The predicted octanol–water partition coefficient (Wildman–Crippen LogP) is 5.80. The number of rotatable bonds is 15. The van der Waals surface area contributed by atoms with Crippen molar-refractivity contribution in [3.8, 4) is 5.75 Å². The summed E-state index contributed by atoms with van der Waals surface area (Å²) in [6.45, 7) is 1.37. The highest BCUT2D eigenvalue weighted by Crippen LogP contribution is 2.28. The molecule has 8 heteroatoms. The molecule has 0 aliphatic carbocycles. The fourth-order valence-corrected chi connectivity index (χ4v) is 5.18. The standard InChI is InChI=1S/C32H35N5O3/c38-31(39)13-7-20-37-23-27(22-30-33-35-36-34-30)32-26(11-6-12-29(32)37)17-14-25-15-18-28(19-16-25)40-21-5-4-10-24-8-2-1-3-9-24/h1-3,6,8-9,11-12,15-16,18-19,23H,4-5,7,10,13-14,17,20-22H2,(H,38,39)(H,33,34,35,36). The number of fused-ring (bicyclic) bond motifs is 1. The van der Waals surface area contributed by atoms with Gasteiger partial charge < -0.3 is 14.4 Å². The predicted molar refractivity (Wildman–Crippen MR) is 155 cm³/mol. The van der Waals surface area contributed by atoms with Crippen LogP contribution in [0.25, 0.3) is 10.9 Å². The zero-order valence-electron chi connectivity index (χ0n) is 22.6. The molecule has 0 fully saturated rings. The molecule has 0 aliphatic rings. The van der Waals surface area contributed by atoms with Crippen molar-refractivity contribution in [1.82, 2.24) is 25.2 Å². The number of H-pyrrole nitrogens is 1. The quantitative estimate of drug-likeness (QED) is 0.164. The summed E-state index contributed by atoms with van der Waals surface area (Å²) in [5.41, 5.74) is 6.14. The molecule has 0 bridgehead atoms. The van der Waals surface area contributed by atoms with Crippen LogP contribution in [-0.2, 0) is 37.0 Å². The Morgan fingerprint density at radius 1 is 0.850 bits per heavy atom. The highest BCUT2D eigenvalue weighted by Gasteiger charge is 2.15. The number of unbranched alkanes of at least 4 members (excludes halogenated alkanes) is 1. The summed E-state index contributed by atoms with van der Waals surface area (Å²) >= 11 is 0. The van der Waals surface area contributed by atoms with Gasteiger partial charge in [-0.05, 0) is 89.4 Å². The van der Waals surface area contributed by atoms with Gasteiger partial charge in [-0.15, -0.1) is 5.10 Å². The third kappa shape index (κ3) is 7.34. The lowest BCUT2D eigenvalue weighted by Crippen LogP contribution is -2.01. The SMILES string of the molecule is O=C(O)CCCn1cc(Cc2nnn[nH]2)c2c(CCc3ccc(OCCCCc4ccccc4)cc3)cccc21. The van der Waals surface area contributed by atoms with E-state index in [4.69, 9.17) is 9.84 Å². The van der Waals surface area contributed by atoms with E-state index in [1.165, 1.54) is 22.1 Å². The largest absolute Gasteiger partial charge is 0.494 e. The number of carbonyl (C=O) groups is 1. The first-order valence-electron chi connectivity index (χ1n) is 14.0. The topological polar surface area (TPSA) is 106 Å². The molecule has 8 nitrogen and oxygen atoms in total. The molecule has 5 aromatic rings. The normalized spacial score (nSPS) is 11.2. The van der Waals surface area contributed by atoms with Gasteiger partial charge in [0.1, 0.15) is 5.75 Å². The third-order valence-corrected chi connectivity index (χ3v) is 7.19. The van der Waals surface area contributed by atoms with Gasteiger partial charge >= 0.3 is 5.97 Å². The van der Waals surface area contributed by atoms with E-state index >= 15 is 0 Å². The highest BCUT2D eigenvalue weighted by molar-refractivity contribution is 5.87. The first-order valence-corrected chi connectivity index (χ1v) is 14.0. The number of nitrogens with one attached hydrogen (secondary N) is 1. The van der Waals surface area contributed by atoms with E-state index in [1.54, 1.807) is 0 Å². The number of hydrogen-bond acceptors (Lipinski definition) is 5. The number of nitrogens with zero attached hydrogens (tertiary/aromatic N) is 4. The van der Waals surface area contributed by atoms with Gasteiger partial charge in [-0.3, -0.25) is 4.79 Å². The Morgan fingerprint density at radius 3 is 2.45 bits per heavy atom. The molecule has 0 spiro atoms. The maximum absolute atomic E-state index is 11.0. The van der Waals surface area contributed by atoms with Gasteiger partial charge in [-0.2, -0.15) is 0 Å². The Kier molecular flexibility index (Phi) is 9.19. The van der Waals surface area contributed by atoms with Crippen LogP contribution in [0.3, 0.4) is 0 Å². The Labute approximate surface area is 234 Å². The number of benzene rings is 3. The van der Waals surface area contributed by atoms with Crippen LogP contribution < -0.4 is 4.74 Å². The number of aryl methyl sites for hydroxylation is 4. The van der Waals surface area contributed by atoms with Crippen molar-refractivity contribution in [2.24, 2.45) is 0 Å². The minimum absolute atomic E-state index is 0.147. The van der Waals surface area contributed by atoms with Crippen molar-refractivity contribution in [3.63, 3.8) is 0 Å². The molecule has 2 heterocycles. The Balaban J connectivity index is 1.20. The molecular weight excluding hydrogens is 502 g/mol. The molecule has 0 aliphatic heterocycles. The van der Waals surface area contributed by atoms with E-state index in [2.05, 4.69) is 104 Å². The van der Waals surface area contributed by atoms with E-state index in [9.17, 15) is 4.79 Å². The number of ether oxygens (including phenoxy) is 1. The lowest BCUT2D eigenvalue weighted by molar-refractivity contribution is -0.137. The average molecular weight is 538 g/mol. The van der Waals surface area contributed by atoms with Gasteiger partial charge in [-0.1, -0.05) is 54.6 Å². The number of aliphatic carboxylic acids is 1. The van der Waals surface area contributed by atoms with Gasteiger partial charge in [0.2, 0.25) is 0 Å². The van der Waals surface area contributed by atoms with Gasteiger partial charge in [-0.25, -0.2) is 5.10 Å². The summed E-state index contributed by atoms with van der Waals surface area (Å²) in [5.74, 6) is 0.839. The molecule has 40 heavy (non-hydrogen) atoms. The molecule has 0 amide bonds. The van der Waals surface area contributed by atoms with Crippen LogP contribution in [0.2, 0.25) is 0 Å². The minimum atomic E-state index is -0.774. The fraction of sp³-hybridized carbons (Fsp3) is 0.312. The average Bonchev–Trinajstić information content (AvgIpc) is 3.61. The second-order valence-corrected chi connectivity index (χ2v) is 10.1. The lowest BCUT2D eigenvalue weighted by Gasteiger charge is -2.09. The summed E-state index contributed by atoms with van der Waals surface area (Å²) in [6, 6.07) is 25.4. The molecule has 2 N–H and O–H groups in total. The van der Waals surface area contributed by atoms with E-state index in [-0.39, 0.29) is 6.42 Å². The first-order chi connectivity index (χ1) is 19.7. The van der Waals surface area contributed by atoms with Crippen LogP contribution in [0.1, 0.15) is 53.8 Å². The second-order valence-electron chi connectivity index (χ2n) is 10.1. The first kappa shape index (κ1) is 27.1. The van der Waals surface area contributed by atoms with Crippen molar-refractivity contribution in [3.05, 3.63) is 107 Å². The molecule has 206 valence electrons. The van der Waals surface area contributed by atoms with Crippen LogP contribution in [0.4, 0.5) is 0 Å². The molecule has 0 saturated heterocycles. The van der Waals surface area contributed by atoms with Gasteiger partial charge in [0, 0.05) is 36.5 Å². The summed E-state index contributed by atoms with van der Waals surface area (Å²) in [6.07, 6.45) is 8.45. The van der Waals surface area contributed by atoms with Crippen molar-refractivity contribution >= 4 is 16.9 Å². The summed E-state index contributed by atoms with van der Waals surface area (Å²) < 4.78 is 8.14. The zero-order valence-corrected chi connectivity index (χ0v) is 22.6. The minimum Gasteiger partial charge on any atom is -0.494 e. The van der Waals surface area contributed by atoms with Gasteiger partial charge in [0.05, 0.1) is 6.61 Å². The number of hydrogen-bond donors (Lipinski definition) is 2. The second kappa shape index (κ2) is 13.6. The Bertz CT molecular complexity index is 1500. The molecule has 0 radical (unpaired) electrons. The molecule has 3 aromatic carbocycles. The Hall–Kier alpha value is -4.46. The maximum Gasteiger partial charge on any atom is 0.303 e. The number of aromatic nitrogens is 5. The van der Waals surface area contributed by atoms with Crippen LogP contribution in [0.15, 0.2) is 79.0 Å². The van der Waals surface area contributed by atoms with Gasteiger partial charge in [0.15, 0.2) is 5.82 Å². The maximum atomic E-state index is 11.0. The number of aromatic amines is 1. The summed E-state index contributed by atoms with van der Waals surface area (Å²) in [5, 5.41) is 24.6. The third-order valence-electron chi connectivity index (χ3n) is 7.19. The molecule has 0 atom stereocenters.